The number of alkyl halides is 1. The second-order valence-corrected chi connectivity index (χ2v) is 12.5. The van der Waals surface area contributed by atoms with Crippen molar-refractivity contribution in [1.82, 2.24) is 10.6 Å². The summed E-state index contributed by atoms with van der Waals surface area (Å²) in [4.78, 5) is 3.97. The monoisotopic (exact) mass is 620 g/mol. The van der Waals surface area contributed by atoms with Gasteiger partial charge in [0.1, 0.15) is 54.0 Å². The summed E-state index contributed by atoms with van der Waals surface area (Å²) in [5.41, 5.74) is 21.2. The summed E-state index contributed by atoms with van der Waals surface area (Å²) < 4.78 is 36.7. The van der Waals surface area contributed by atoms with Crippen LogP contribution in [-0.4, -0.2) is 143 Å². The molecule has 0 amide bonds. The van der Waals surface area contributed by atoms with Crippen molar-refractivity contribution in [2.75, 3.05) is 26.9 Å². The number of nitrogens with two attached hydrogens (primary N) is 4. The number of likely N-dealkylation sites (N-methyl/N-ethyl adjacent to an activating group) is 1. The standard InChI is InChI=1S/C26H49FN8O8/c1-25(38)10-40-23(18(37)21(25)33-2)43-20-15(35-24(32)26(39)6-11(28)7-26)5-14(30)19(17(20)36)42-22-13(29)4-3-12(41-22)9-34-16(31)8-27/h11-15,17-23,33,36-39H,3-10,28-30H2,1-2H3,(H2,31,34)(H2,32,35)/t11?,12-,13?,14-,15+,17?,18?,19?,20?,21+,22+,23+,25?,26?/m0/s1. The van der Waals surface area contributed by atoms with Crippen LogP contribution in [0.15, 0.2) is 4.99 Å². The Bertz CT molecular complexity index is 991. The third kappa shape index (κ3) is 7.62. The van der Waals surface area contributed by atoms with E-state index in [0.29, 0.717) is 12.8 Å². The van der Waals surface area contributed by atoms with Gasteiger partial charge >= 0.3 is 0 Å². The summed E-state index contributed by atoms with van der Waals surface area (Å²) in [6, 6.07) is -3.21. The highest BCUT2D eigenvalue weighted by Crippen LogP contribution is 2.35. The van der Waals surface area contributed by atoms with Gasteiger partial charge < -0.3 is 72.9 Å². The van der Waals surface area contributed by atoms with Gasteiger partial charge in [0, 0.05) is 12.1 Å². The van der Waals surface area contributed by atoms with Crippen molar-refractivity contribution in [3.8, 4) is 0 Å². The maximum atomic E-state index is 12.7. The lowest BCUT2D eigenvalue weighted by molar-refractivity contribution is -0.307. The van der Waals surface area contributed by atoms with Gasteiger partial charge in [-0.3, -0.25) is 10.4 Å². The van der Waals surface area contributed by atoms with E-state index in [-0.39, 0.29) is 50.1 Å². The van der Waals surface area contributed by atoms with Crippen LogP contribution in [0, 0.1) is 5.41 Å². The zero-order chi connectivity index (χ0) is 31.7. The van der Waals surface area contributed by atoms with E-state index in [0.717, 1.165) is 0 Å². The van der Waals surface area contributed by atoms with Crippen molar-refractivity contribution in [1.29, 1.82) is 5.41 Å². The van der Waals surface area contributed by atoms with Gasteiger partial charge in [0.05, 0.1) is 37.4 Å². The first kappa shape index (κ1) is 34.3. The molecule has 2 aliphatic heterocycles. The van der Waals surface area contributed by atoms with Crippen LogP contribution in [0.3, 0.4) is 0 Å². The second-order valence-electron chi connectivity index (χ2n) is 12.5. The van der Waals surface area contributed by atoms with Crippen molar-refractivity contribution in [3.63, 3.8) is 0 Å². The van der Waals surface area contributed by atoms with Gasteiger partial charge in [0.25, 0.3) is 0 Å². The Morgan fingerprint density at radius 2 is 1.74 bits per heavy atom. The number of rotatable bonds is 10. The normalized spacial score (nSPS) is 47.5. The Morgan fingerprint density at radius 1 is 1.07 bits per heavy atom. The summed E-state index contributed by atoms with van der Waals surface area (Å²) in [6.07, 6.45) is -6.13. The number of aliphatic hydroxyl groups is 4. The first-order valence-corrected chi connectivity index (χ1v) is 14.7. The average molecular weight is 621 g/mol. The number of halogens is 1. The Labute approximate surface area is 250 Å². The Morgan fingerprint density at radius 3 is 2.37 bits per heavy atom. The number of hydrogen-bond acceptors (Lipinski definition) is 14. The third-order valence-corrected chi connectivity index (χ3v) is 8.87. The fourth-order valence-corrected chi connectivity index (χ4v) is 6.35. The minimum atomic E-state index is -1.45. The van der Waals surface area contributed by atoms with Crippen molar-refractivity contribution < 1.29 is 43.8 Å². The number of nitrogens with zero attached hydrogens (tertiary/aromatic N) is 1. The molecular weight excluding hydrogens is 571 g/mol. The molecule has 0 spiro atoms. The Balaban J connectivity index is 1.52. The molecule has 0 aromatic rings. The van der Waals surface area contributed by atoms with Gasteiger partial charge in [0.15, 0.2) is 12.6 Å². The molecule has 0 radical (unpaired) electrons. The van der Waals surface area contributed by atoms with Crippen LogP contribution in [0.1, 0.15) is 39.0 Å². The Kier molecular flexibility index (Phi) is 11.0. The van der Waals surface area contributed by atoms with Crippen LogP contribution < -0.4 is 33.6 Å². The summed E-state index contributed by atoms with van der Waals surface area (Å²) >= 11 is 0. The number of aliphatic imine (C=N–C) groups is 1. The second kappa shape index (κ2) is 13.8. The summed E-state index contributed by atoms with van der Waals surface area (Å²) in [5, 5.41) is 58.4. The Hall–Kier alpha value is -1.61. The lowest BCUT2D eigenvalue weighted by Crippen LogP contribution is -2.70. The zero-order valence-electron chi connectivity index (χ0n) is 24.6. The first-order valence-electron chi connectivity index (χ1n) is 14.7. The quantitative estimate of drug-likeness (QED) is 0.0817. The zero-order valence-corrected chi connectivity index (χ0v) is 24.6. The van der Waals surface area contributed by atoms with Crippen molar-refractivity contribution in [3.05, 3.63) is 0 Å². The lowest BCUT2D eigenvalue weighted by atomic mass is 9.74. The highest BCUT2D eigenvalue weighted by atomic mass is 19.1. The third-order valence-electron chi connectivity index (χ3n) is 8.87. The van der Waals surface area contributed by atoms with E-state index < -0.39 is 85.1 Å². The van der Waals surface area contributed by atoms with Crippen LogP contribution in [0.5, 0.6) is 0 Å². The fourth-order valence-electron chi connectivity index (χ4n) is 6.35. The van der Waals surface area contributed by atoms with Crippen LogP contribution in [0.25, 0.3) is 0 Å². The highest BCUT2D eigenvalue weighted by Gasteiger charge is 2.53. The molecule has 248 valence electrons. The lowest BCUT2D eigenvalue weighted by Gasteiger charge is -2.50. The molecule has 0 aromatic carbocycles. The maximum absolute atomic E-state index is 12.7. The van der Waals surface area contributed by atoms with Crippen LogP contribution in [0.4, 0.5) is 4.39 Å². The van der Waals surface area contributed by atoms with Crippen molar-refractivity contribution in [2.45, 2.75) is 124 Å². The topological polar surface area (TPSA) is 282 Å². The molecule has 4 fully saturated rings. The molecule has 2 saturated carbocycles. The molecule has 15 N–H and O–H groups in total. The van der Waals surface area contributed by atoms with Crippen molar-refractivity contribution in [2.24, 2.45) is 27.9 Å². The number of aliphatic hydroxyl groups excluding tert-OH is 2. The molecule has 6 unspecified atom stereocenters. The summed E-state index contributed by atoms with van der Waals surface area (Å²) in [6.45, 7) is 0.579. The predicted molar refractivity (Wildman–Crippen MR) is 153 cm³/mol. The van der Waals surface area contributed by atoms with Crippen LogP contribution in [0.2, 0.25) is 0 Å². The maximum Gasteiger partial charge on any atom is 0.185 e. The highest BCUT2D eigenvalue weighted by molar-refractivity contribution is 5.89. The minimum Gasteiger partial charge on any atom is -0.388 e. The molecule has 4 aliphatic rings. The van der Waals surface area contributed by atoms with Gasteiger partial charge in [-0.05, 0) is 46.1 Å². The van der Waals surface area contributed by atoms with E-state index in [9.17, 15) is 24.8 Å². The number of hydrogen-bond donors (Lipinski definition) is 11. The molecule has 4 rings (SSSR count). The van der Waals surface area contributed by atoms with E-state index in [1.54, 1.807) is 7.05 Å². The van der Waals surface area contributed by atoms with E-state index in [1.807, 2.05) is 0 Å². The number of ether oxygens (including phenoxy) is 4. The molecule has 0 aromatic heterocycles. The SMILES string of the molecule is CN[C@@H]1C(O)[C@@H](OC2C(O)C(O[C@H]3O[C@H](CN=C(N)CF)CCC3N)[C@@H](N)C[C@H]2NC(=N)C2(O)CC(N)C2)OCC1(C)O. The van der Waals surface area contributed by atoms with Gasteiger partial charge in [-0.25, -0.2) is 4.39 Å². The molecule has 16 nitrogen and oxygen atoms in total. The fraction of sp³-hybridized carbons (Fsp3) is 0.923. The average Bonchev–Trinajstić information content (AvgIpc) is 2.93. The molecule has 2 aliphatic carbocycles. The largest absolute Gasteiger partial charge is 0.388 e. The smallest absolute Gasteiger partial charge is 0.185 e. The molecule has 12 atom stereocenters. The molecule has 43 heavy (non-hydrogen) atoms. The number of nitrogens with one attached hydrogen (secondary N) is 3. The molecule has 2 saturated heterocycles. The van der Waals surface area contributed by atoms with E-state index in [1.165, 1.54) is 6.92 Å². The molecular formula is C26H49FN8O8. The van der Waals surface area contributed by atoms with Gasteiger partial charge in [-0.2, -0.15) is 0 Å². The number of amidine groups is 2. The summed E-state index contributed by atoms with van der Waals surface area (Å²) in [5.74, 6) is -0.339. The van der Waals surface area contributed by atoms with E-state index in [2.05, 4.69) is 15.6 Å². The van der Waals surface area contributed by atoms with Gasteiger partial charge in [-0.15, -0.1) is 0 Å². The van der Waals surface area contributed by atoms with E-state index >= 15 is 0 Å². The molecule has 2 heterocycles. The van der Waals surface area contributed by atoms with Crippen LogP contribution in [-0.2, 0) is 18.9 Å². The van der Waals surface area contributed by atoms with Crippen LogP contribution >= 0.6 is 0 Å². The van der Waals surface area contributed by atoms with Gasteiger partial charge in [0.2, 0.25) is 0 Å². The van der Waals surface area contributed by atoms with Crippen molar-refractivity contribution >= 4 is 11.7 Å². The first-order chi connectivity index (χ1) is 20.2. The van der Waals surface area contributed by atoms with E-state index in [4.69, 9.17) is 47.3 Å². The predicted octanol–water partition coefficient (Wildman–Crippen LogP) is -4.15. The minimum absolute atomic E-state index is 0.112. The van der Waals surface area contributed by atoms with Gasteiger partial charge in [-0.1, -0.05) is 0 Å². The molecule has 17 heteroatoms. The summed E-state index contributed by atoms with van der Waals surface area (Å²) in [7, 11) is 1.58. The molecule has 0 bridgehead atoms.